The van der Waals surface area contributed by atoms with Gasteiger partial charge < -0.3 is 19.5 Å². The maximum atomic E-state index is 5.71. The predicted molar refractivity (Wildman–Crippen MR) is 68.8 cm³/mol. The molecule has 0 bridgehead atoms. The Morgan fingerprint density at radius 3 is 2.72 bits per heavy atom. The Kier molecular flexibility index (Phi) is 3.28. The molecule has 2 aliphatic heterocycles. The molecule has 3 rings (SSSR count). The average molecular weight is 249 g/mol. The molecule has 18 heavy (non-hydrogen) atoms. The normalized spacial score (nSPS) is 19.6. The minimum absolute atomic E-state index is 0.553. The molecule has 0 atom stereocenters. The van der Waals surface area contributed by atoms with Gasteiger partial charge in [-0.1, -0.05) is 6.07 Å². The van der Waals surface area contributed by atoms with Crippen LogP contribution in [0.1, 0.15) is 24.3 Å². The highest BCUT2D eigenvalue weighted by molar-refractivity contribution is 5.57. The Balaban J connectivity index is 1.98. The van der Waals surface area contributed by atoms with E-state index in [2.05, 4.69) is 11.4 Å². The van der Waals surface area contributed by atoms with Crippen LogP contribution in [0.15, 0.2) is 12.1 Å². The van der Waals surface area contributed by atoms with Gasteiger partial charge in [0.15, 0.2) is 11.5 Å². The van der Waals surface area contributed by atoms with Gasteiger partial charge in [-0.3, -0.25) is 0 Å². The number of methoxy groups -OCH3 is 1. The van der Waals surface area contributed by atoms with E-state index >= 15 is 0 Å². The first kappa shape index (κ1) is 11.7. The van der Waals surface area contributed by atoms with E-state index in [1.165, 1.54) is 5.56 Å². The molecule has 0 aliphatic carbocycles. The van der Waals surface area contributed by atoms with Crippen LogP contribution in [0.4, 0.5) is 0 Å². The lowest BCUT2D eigenvalue weighted by atomic mass is 9.89. The zero-order chi connectivity index (χ0) is 12.4. The highest BCUT2D eigenvalue weighted by Gasteiger charge is 2.25. The molecule has 98 valence electrons. The molecular formula is C14H19NO3. The quantitative estimate of drug-likeness (QED) is 0.869. The number of hydrogen-bond acceptors (Lipinski definition) is 4. The third-order valence-corrected chi connectivity index (χ3v) is 3.68. The van der Waals surface area contributed by atoms with Crippen molar-refractivity contribution in [3.8, 4) is 17.2 Å². The van der Waals surface area contributed by atoms with E-state index in [0.29, 0.717) is 19.1 Å². The van der Waals surface area contributed by atoms with Crippen molar-refractivity contribution >= 4 is 0 Å². The third-order valence-electron chi connectivity index (χ3n) is 3.68. The lowest BCUT2D eigenvalue weighted by Crippen LogP contribution is -2.27. The summed E-state index contributed by atoms with van der Waals surface area (Å²) in [4.78, 5) is 0. The average Bonchev–Trinajstić information content (AvgIpc) is 2.47. The molecule has 1 N–H and O–H groups in total. The fraction of sp³-hybridized carbons (Fsp3) is 0.571. The van der Waals surface area contributed by atoms with Gasteiger partial charge in [-0.2, -0.15) is 0 Å². The number of benzene rings is 1. The van der Waals surface area contributed by atoms with Gasteiger partial charge in [-0.15, -0.1) is 0 Å². The molecule has 0 radical (unpaired) electrons. The van der Waals surface area contributed by atoms with Crippen LogP contribution in [0.2, 0.25) is 0 Å². The summed E-state index contributed by atoms with van der Waals surface area (Å²) in [5, 5.41) is 3.39. The summed E-state index contributed by atoms with van der Waals surface area (Å²) < 4.78 is 16.9. The predicted octanol–water partition coefficient (Wildman–Crippen LogP) is 1.93. The second-order valence-electron chi connectivity index (χ2n) is 4.74. The topological polar surface area (TPSA) is 39.7 Å². The van der Waals surface area contributed by atoms with Gasteiger partial charge in [0.1, 0.15) is 13.2 Å². The Morgan fingerprint density at radius 1 is 1.17 bits per heavy atom. The van der Waals surface area contributed by atoms with E-state index in [1.807, 2.05) is 6.07 Å². The lowest BCUT2D eigenvalue weighted by molar-refractivity contribution is 0.164. The van der Waals surface area contributed by atoms with Crippen LogP contribution in [0, 0.1) is 0 Å². The molecule has 2 heterocycles. The summed E-state index contributed by atoms with van der Waals surface area (Å²) in [5.41, 5.74) is 1.25. The van der Waals surface area contributed by atoms with Crippen LogP contribution in [0.3, 0.4) is 0 Å². The number of rotatable bonds is 2. The van der Waals surface area contributed by atoms with Crippen molar-refractivity contribution in [2.75, 3.05) is 33.4 Å². The monoisotopic (exact) mass is 249 g/mol. The molecule has 0 unspecified atom stereocenters. The first-order valence-corrected chi connectivity index (χ1v) is 6.57. The molecule has 0 aromatic heterocycles. The zero-order valence-electron chi connectivity index (χ0n) is 10.7. The van der Waals surface area contributed by atoms with Gasteiger partial charge in [0.05, 0.1) is 7.11 Å². The van der Waals surface area contributed by atoms with Gasteiger partial charge in [0.25, 0.3) is 0 Å². The molecule has 4 heteroatoms. The SMILES string of the molecule is COc1c(C2CCNCC2)ccc2c1OCCO2. The highest BCUT2D eigenvalue weighted by Crippen LogP contribution is 2.45. The van der Waals surface area contributed by atoms with Gasteiger partial charge in [0, 0.05) is 5.56 Å². The van der Waals surface area contributed by atoms with Gasteiger partial charge in [0.2, 0.25) is 5.75 Å². The largest absolute Gasteiger partial charge is 0.492 e. The smallest absolute Gasteiger partial charge is 0.203 e. The van der Waals surface area contributed by atoms with E-state index in [9.17, 15) is 0 Å². The van der Waals surface area contributed by atoms with Gasteiger partial charge >= 0.3 is 0 Å². The van der Waals surface area contributed by atoms with Crippen LogP contribution in [-0.4, -0.2) is 33.4 Å². The molecule has 0 spiro atoms. The number of fused-ring (bicyclic) bond motifs is 1. The Hall–Kier alpha value is -1.42. The van der Waals surface area contributed by atoms with E-state index in [0.717, 1.165) is 43.2 Å². The first-order valence-electron chi connectivity index (χ1n) is 6.57. The summed E-state index contributed by atoms with van der Waals surface area (Å²) in [6.07, 6.45) is 2.30. The lowest BCUT2D eigenvalue weighted by Gasteiger charge is -2.27. The van der Waals surface area contributed by atoms with Crippen molar-refractivity contribution in [1.82, 2.24) is 5.32 Å². The van der Waals surface area contributed by atoms with Crippen molar-refractivity contribution < 1.29 is 14.2 Å². The molecule has 1 aromatic carbocycles. The minimum atomic E-state index is 0.553. The molecule has 4 nitrogen and oxygen atoms in total. The van der Waals surface area contributed by atoms with Crippen LogP contribution in [0.5, 0.6) is 17.2 Å². The van der Waals surface area contributed by atoms with Crippen molar-refractivity contribution in [2.24, 2.45) is 0 Å². The Bertz CT molecular complexity index is 427. The van der Waals surface area contributed by atoms with Crippen molar-refractivity contribution in [3.63, 3.8) is 0 Å². The second kappa shape index (κ2) is 5.06. The summed E-state index contributed by atoms with van der Waals surface area (Å²) in [5.74, 6) is 2.99. The summed E-state index contributed by atoms with van der Waals surface area (Å²) in [6.45, 7) is 3.35. The van der Waals surface area contributed by atoms with Gasteiger partial charge in [-0.25, -0.2) is 0 Å². The molecule has 2 aliphatic rings. The molecule has 0 saturated carbocycles. The standard InChI is InChI=1S/C14H19NO3/c1-16-13-11(10-4-6-15-7-5-10)2-3-12-14(13)18-9-8-17-12/h2-3,10,15H,4-9H2,1H3. The molecule has 1 fully saturated rings. The summed E-state index contributed by atoms with van der Waals surface area (Å²) in [6, 6.07) is 4.14. The fourth-order valence-corrected chi connectivity index (χ4v) is 2.77. The summed E-state index contributed by atoms with van der Waals surface area (Å²) >= 11 is 0. The molecule has 1 aromatic rings. The number of ether oxygens (including phenoxy) is 3. The highest BCUT2D eigenvalue weighted by atomic mass is 16.6. The fourth-order valence-electron chi connectivity index (χ4n) is 2.77. The minimum Gasteiger partial charge on any atom is -0.492 e. The third kappa shape index (κ3) is 2.01. The van der Waals surface area contributed by atoms with E-state index < -0.39 is 0 Å². The van der Waals surface area contributed by atoms with Crippen molar-refractivity contribution in [1.29, 1.82) is 0 Å². The maximum absolute atomic E-state index is 5.71. The van der Waals surface area contributed by atoms with Crippen molar-refractivity contribution in [2.45, 2.75) is 18.8 Å². The van der Waals surface area contributed by atoms with Crippen molar-refractivity contribution in [3.05, 3.63) is 17.7 Å². The zero-order valence-corrected chi connectivity index (χ0v) is 10.7. The van der Waals surface area contributed by atoms with E-state index in [1.54, 1.807) is 7.11 Å². The molecule has 0 amide bonds. The van der Waals surface area contributed by atoms with Crippen LogP contribution >= 0.6 is 0 Å². The number of piperidine rings is 1. The van der Waals surface area contributed by atoms with Crippen LogP contribution in [-0.2, 0) is 0 Å². The maximum Gasteiger partial charge on any atom is 0.203 e. The number of hydrogen-bond donors (Lipinski definition) is 1. The number of nitrogens with one attached hydrogen (secondary N) is 1. The van der Waals surface area contributed by atoms with Gasteiger partial charge in [-0.05, 0) is 37.9 Å². The Morgan fingerprint density at radius 2 is 1.94 bits per heavy atom. The first-order chi connectivity index (χ1) is 8.90. The van der Waals surface area contributed by atoms with E-state index in [4.69, 9.17) is 14.2 Å². The molecular weight excluding hydrogens is 230 g/mol. The van der Waals surface area contributed by atoms with Crippen LogP contribution < -0.4 is 19.5 Å². The second-order valence-corrected chi connectivity index (χ2v) is 4.74. The Labute approximate surface area is 107 Å². The van der Waals surface area contributed by atoms with Crippen LogP contribution in [0.25, 0.3) is 0 Å². The molecule has 1 saturated heterocycles. The van der Waals surface area contributed by atoms with E-state index in [-0.39, 0.29) is 0 Å². The summed E-state index contributed by atoms with van der Waals surface area (Å²) in [7, 11) is 1.71.